The van der Waals surface area contributed by atoms with Crippen LogP contribution in [0.15, 0.2) is 22.8 Å². The molecule has 0 amide bonds. The first-order chi connectivity index (χ1) is 6.92. The Kier molecular flexibility index (Phi) is 2.07. The molecule has 0 aliphatic carbocycles. The van der Waals surface area contributed by atoms with Crippen LogP contribution < -0.4 is 5.32 Å². The molecule has 3 heteroatoms. The third-order valence-electron chi connectivity index (χ3n) is 3.40. The van der Waals surface area contributed by atoms with E-state index in [0.717, 1.165) is 24.3 Å². The molecule has 0 saturated carbocycles. The molecule has 2 aliphatic rings. The summed E-state index contributed by atoms with van der Waals surface area (Å²) in [5, 5.41) is 3.56. The molecule has 1 N–H and O–H groups in total. The average Bonchev–Trinajstić information content (AvgIpc) is 2.78. The maximum absolute atomic E-state index is 5.36. The Morgan fingerprint density at radius 2 is 2.50 bits per heavy atom. The molecule has 3 heterocycles. The van der Waals surface area contributed by atoms with Gasteiger partial charge in [-0.3, -0.25) is 4.90 Å². The third-order valence-corrected chi connectivity index (χ3v) is 3.40. The lowest BCUT2D eigenvalue weighted by Crippen LogP contribution is -2.29. The summed E-state index contributed by atoms with van der Waals surface area (Å²) >= 11 is 0. The number of furan rings is 1. The summed E-state index contributed by atoms with van der Waals surface area (Å²) in [6.45, 7) is 4.61. The lowest BCUT2D eigenvalue weighted by Gasteiger charge is -2.14. The van der Waals surface area contributed by atoms with Gasteiger partial charge in [-0.05, 0) is 31.0 Å². The largest absolute Gasteiger partial charge is 0.468 e. The number of fused-ring (bicyclic) bond motifs is 1. The van der Waals surface area contributed by atoms with Gasteiger partial charge >= 0.3 is 0 Å². The van der Waals surface area contributed by atoms with Crippen molar-refractivity contribution in [1.29, 1.82) is 0 Å². The molecule has 0 bridgehead atoms. The van der Waals surface area contributed by atoms with E-state index in [1.165, 1.54) is 26.1 Å². The van der Waals surface area contributed by atoms with Crippen LogP contribution in [0.3, 0.4) is 0 Å². The molecule has 0 spiro atoms. The molecule has 0 unspecified atom stereocenters. The highest BCUT2D eigenvalue weighted by Gasteiger charge is 2.35. The zero-order valence-corrected chi connectivity index (χ0v) is 8.28. The zero-order valence-electron chi connectivity index (χ0n) is 8.28. The third kappa shape index (κ3) is 1.47. The monoisotopic (exact) mass is 192 g/mol. The van der Waals surface area contributed by atoms with Gasteiger partial charge in [0.05, 0.1) is 12.8 Å². The van der Waals surface area contributed by atoms with Crippen molar-refractivity contribution in [2.75, 3.05) is 19.6 Å². The van der Waals surface area contributed by atoms with Crippen LogP contribution in [0.2, 0.25) is 0 Å². The maximum atomic E-state index is 5.36. The Morgan fingerprint density at radius 3 is 3.29 bits per heavy atom. The molecule has 2 fully saturated rings. The van der Waals surface area contributed by atoms with E-state index < -0.39 is 0 Å². The summed E-state index contributed by atoms with van der Waals surface area (Å²) in [5.74, 6) is 1.97. The zero-order chi connectivity index (χ0) is 9.38. The van der Waals surface area contributed by atoms with E-state index in [2.05, 4.69) is 16.3 Å². The first kappa shape index (κ1) is 8.50. The fraction of sp³-hybridized carbons (Fsp3) is 0.636. The standard InChI is InChI=1S/C11H16N2O/c1-2-10(14-5-1)7-13-6-9-3-4-12-11(9)8-13/h1-2,5,9,11-12H,3-4,6-8H2/t9-,11+/m0/s1. The number of nitrogens with zero attached hydrogens (tertiary/aromatic N) is 1. The van der Waals surface area contributed by atoms with E-state index >= 15 is 0 Å². The number of rotatable bonds is 2. The highest BCUT2D eigenvalue weighted by atomic mass is 16.3. The molecule has 14 heavy (non-hydrogen) atoms. The lowest BCUT2D eigenvalue weighted by molar-refractivity contribution is 0.279. The van der Waals surface area contributed by atoms with Gasteiger partial charge in [0.15, 0.2) is 0 Å². The van der Waals surface area contributed by atoms with E-state index in [9.17, 15) is 0 Å². The van der Waals surface area contributed by atoms with Gasteiger partial charge in [-0.2, -0.15) is 0 Å². The van der Waals surface area contributed by atoms with Crippen molar-refractivity contribution in [2.45, 2.75) is 19.0 Å². The summed E-state index contributed by atoms with van der Waals surface area (Å²) in [4.78, 5) is 2.49. The second-order valence-corrected chi connectivity index (χ2v) is 4.38. The van der Waals surface area contributed by atoms with Gasteiger partial charge in [0.25, 0.3) is 0 Å². The number of nitrogens with one attached hydrogen (secondary N) is 1. The van der Waals surface area contributed by atoms with E-state index in [1.807, 2.05) is 6.07 Å². The quantitative estimate of drug-likeness (QED) is 0.760. The van der Waals surface area contributed by atoms with Crippen LogP contribution in [0.4, 0.5) is 0 Å². The Labute approximate surface area is 84.1 Å². The minimum Gasteiger partial charge on any atom is -0.468 e. The Morgan fingerprint density at radius 1 is 1.50 bits per heavy atom. The highest BCUT2D eigenvalue weighted by Crippen LogP contribution is 2.25. The molecule has 76 valence electrons. The van der Waals surface area contributed by atoms with Gasteiger partial charge in [-0.1, -0.05) is 0 Å². The molecular weight excluding hydrogens is 176 g/mol. The Bertz CT molecular complexity index is 284. The van der Waals surface area contributed by atoms with E-state index in [4.69, 9.17) is 4.42 Å². The molecule has 1 aromatic heterocycles. The first-order valence-corrected chi connectivity index (χ1v) is 5.40. The first-order valence-electron chi connectivity index (χ1n) is 5.40. The van der Waals surface area contributed by atoms with Crippen molar-refractivity contribution in [1.82, 2.24) is 10.2 Å². The molecule has 2 saturated heterocycles. The smallest absolute Gasteiger partial charge is 0.117 e. The van der Waals surface area contributed by atoms with Gasteiger partial charge in [-0.25, -0.2) is 0 Å². The molecule has 0 radical (unpaired) electrons. The number of likely N-dealkylation sites (tertiary alicyclic amines) is 1. The van der Waals surface area contributed by atoms with Crippen LogP contribution in [0.1, 0.15) is 12.2 Å². The minimum absolute atomic E-state index is 0.741. The normalized spacial score (nSPS) is 32.3. The fourth-order valence-corrected chi connectivity index (χ4v) is 2.69. The van der Waals surface area contributed by atoms with E-state index in [0.29, 0.717) is 0 Å². The SMILES string of the molecule is c1coc(CN2C[C@@H]3CCN[C@@H]3C2)c1. The maximum Gasteiger partial charge on any atom is 0.117 e. The lowest BCUT2D eigenvalue weighted by atomic mass is 10.1. The topological polar surface area (TPSA) is 28.4 Å². The predicted octanol–water partition coefficient (Wildman–Crippen LogP) is 1.07. The van der Waals surface area contributed by atoms with Crippen LogP contribution in [0.25, 0.3) is 0 Å². The molecule has 3 nitrogen and oxygen atoms in total. The number of hydrogen-bond donors (Lipinski definition) is 1. The van der Waals surface area contributed by atoms with Crippen molar-refractivity contribution < 1.29 is 4.42 Å². The van der Waals surface area contributed by atoms with Gasteiger partial charge in [0.2, 0.25) is 0 Å². The van der Waals surface area contributed by atoms with Crippen molar-refractivity contribution >= 4 is 0 Å². The number of hydrogen-bond acceptors (Lipinski definition) is 3. The Balaban J connectivity index is 1.61. The van der Waals surface area contributed by atoms with Gasteiger partial charge in [0, 0.05) is 19.1 Å². The average molecular weight is 192 g/mol. The second kappa shape index (κ2) is 3.41. The van der Waals surface area contributed by atoms with Crippen molar-refractivity contribution in [3.05, 3.63) is 24.2 Å². The van der Waals surface area contributed by atoms with E-state index in [-0.39, 0.29) is 0 Å². The van der Waals surface area contributed by atoms with Gasteiger partial charge < -0.3 is 9.73 Å². The van der Waals surface area contributed by atoms with Crippen LogP contribution in [0, 0.1) is 5.92 Å². The molecule has 0 aromatic carbocycles. The van der Waals surface area contributed by atoms with Crippen LogP contribution in [-0.4, -0.2) is 30.6 Å². The van der Waals surface area contributed by atoms with Crippen LogP contribution in [-0.2, 0) is 6.54 Å². The van der Waals surface area contributed by atoms with Crippen LogP contribution >= 0.6 is 0 Å². The summed E-state index contributed by atoms with van der Waals surface area (Å²) in [6, 6.07) is 4.76. The summed E-state index contributed by atoms with van der Waals surface area (Å²) < 4.78 is 5.36. The molecule has 3 rings (SSSR count). The van der Waals surface area contributed by atoms with Crippen molar-refractivity contribution in [2.24, 2.45) is 5.92 Å². The minimum atomic E-state index is 0.741. The van der Waals surface area contributed by atoms with Gasteiger partial charge in [-0.15, -0.1) is 0 Å². The second-order valence-electron chi connectivity index (χ2n) is 4.38. The molecule has 2 aliphatic heterocycles. The highest BCUT2D eigenvalue weighted by molar-refractivity contribution is 5.01. The Hall–Kier alpha value is -0.800. The molecular formula is C11H16N2O. The van der Waals surface area contributed by atoms with Gasteiger partial charge in [0.1, 0.15) is 5.76 Å². The summed E-state index contributed by atoms with van der Waals surface area (Å²) in [5.41, 5.74) is 0. The van der Waals surface area contributed by atoms with Crippen molar-refractivity contribution in [3.63, 3.8) is 0 Å². The molecule has 1 aromatic rings. The van der Waals surface area contributed by atoms with Crippen LogP contribution in [0.5, 0.6) is 0 Å². The summed E-state index contributed by atoms with van der Waals surface area (Å²) in [7, 11) is 0. The predicted molar refractivity (Wildman–Crippen MR) is 53.9 cm³/mol. The van der Waals surface area contributed by atoms with E-state index in [1.54, 1.807) is 6.26 Å². The molecule has 2 atom stereocenters. The van der Waals surface area contributed by atoms with Crippen molar-refractivity contribution in [3.8, 4) is 0 Å². The fourth-order valence-electron chi connectivity index (χ4n) is 2.69. The summed E-state index contributed by atoms with van der Waals surface area (Å²) in [6.07, 6.45) is 3.10.